The van der Waals surface area contributed by atoms with Gasteiger partial charge < -0.3 is 26.2 Å². The lowest BCUT2D eigenvalue weighted by molar-refractivity contribution is -0.129. The molecule has 0 spiro atoms. The number of nitrogens with one attached hydrogen (secondary N) is 3. The summed E-state index contributed by atoms with van der Waals surface area (Å²) in [6.07, 6.45) is 3.01. The SMILES string of the molecule is NC(=O)[C@H](Cc1c[nH]c2ccccc12)NC(=O)C(CCCc1ccccc1)CP(=O)(O)C(Cc1ccccc1)NC(=O)c1ccc2ccccc2n1. The Balaban J connectivity index is 1.25. The first-order valence-electron chi connectivity index (χ1n) is 17.4. The molecule has 0 radical (unpaired) electrons. The smallest absolute Gasteiger partial charge is 0.270 e. The predicted molar refractivity (Wildman–Crippen MR) is 204 cm³/mol. The number of H-pyrrole nitrogens is 1. The van der Waals surface area contributed by atoms with Gasteiger partial charge in [0.2, 0.25) is 19.2 Å². The Labute approximate surface area is 302 Å². The number of aryl methyl sites for hydroxylation is 1. The zero-order valence-corrected chi connectivity index (χ0v) is 29.5. The van der Waals surface area contributed by atoms with Crippen LogP contribution < -0.4 is 16.4 Å². The van der Waals surface area contributed by atoms with E-state index in [0.29, 0.717) is 18.4 Å². The number of carbonyl (C=O) groups is 3. The van der Waals surface area contributed by atoms with E-state index in [1.54, 1.807) is 24.4 Å². The first kappa shape index (κ1) is 36.2. The molecule has 6 N–H and O–H groups in total. The van der Waals surface area contributed by atoms with Gasteiger partial charge in [-0.2, -0.15) is 0 Å². The number of hydrogen-bond acceptors (Lipinski definition) is 5. The number of carbonyl (C=O) groups excluding carboxylic acids is 3. The molecule has 3 unspecified atom stereocenters. The number of amides is 3. The van der Waals surface area contributed by atoms with Gasteiger partial charge in [0.1, 0.15) is 17.5 Å². The molecule has 0 aliphatic rings. The summed E-state index contributed by atoms with van der Waals surface area (Å²) in [6, 6.07) is 36.2. The maximum atomic E-state index is 14.5. The van der Waals surface area contributed by atoms with Gasteiger partial charge in [0.25, 0.3) is 5.91 Å². The molecule has 0 aliphatic heterocycles. The summed E-state index contributed by atoms with van der Waals surface area (Å²) in [7, 11) is -4.31. The van der Waals surface area contributed by atoms with Crippen LogP contribution in [0.5, 0.6) is 0 Å². The molecule has 4 atom stereocenters. The summed E-state index contributed by atoms with van der Waals surface area (Å²) in [4.78, 5) is 59.9. The van der Waals surface area contributed by atoms with Gasteiger partial charge in [-0.3, -0.25) is 18.9 Å². The second-order valence-corrected chi connectivity index (χ2v) is 15.6. The number of benzene rings is 4. The van der Waals surface area contributed by atoms with Gasteiger partial charge in [0, 0.05) is 47.4 Å². The van der Waals surface area contributed by atoms with E-state index in [-0.39, 0.29) is 25.0 Å². The van der Waals surface area contributed by atoms with Gasteiger partial charge in [-0.1, -0.05) is 103 Å². The third-order valence-corrected chi connectivity index (χ3v) is 11.6. The highest BCUT2D eigenvalue weighted by atomic mass is 31.2. The quantitative estimate of drug-likeness (QED) is 0.0756. The fourth-order valence-electron chi connectivity index (χ4n) is 6.53. The molecule has 3 amide bonds. The number of rotatable bonds is 16. The van der Waals surface area contributed by atoms with E-state index in [1.807, 2.05) is 103 Å². The van der Waals surface area contributed by atoms with Gasteiger partial charge in [-0.15, -0.1) is 0 Å². The number of hydrogen-bond donors (Lipinski definition) is 5. The van der Waals surface area contributed by atoms with E-state index in [9.17, 15) is 23.8 Å². The molecule has 0 fully saturated rings. The molecule has 6 rings (SSSR count). The van der Waals surface area contributed by atoms with Crippen molar-refractivity contribution in [3.8, 4) is 0 Å². The fourth-order valence-corrected chi connectivity index (χ4v) is 8.58. The van der Waals surface area contributed by atoms with Crippen molar-refractivity contribution >= 4 is 46.9 Å². The third-order valence-electron chi connectivity index (χ3n) is 9.36. The van der Waals surface area contributed by atoms with E-state index >= 15 is 0 Å². The fraction of sp³-hybridized carbons (Fsp3) is 0.220. The zero-order valence-electron chi connectivity index (χ0n) is 28.7. The average Bonchev–Trinajstić information content (AvgIpc) is 3.57. The second-order valence-electron chi connectivity index (χ2n) is 13.1. The summed E-state index contributed by atoms with van der Waals surface area (Å²) >= 11 is 0. The first-order chi connectivity index (χ1) is 25.2. The zero-order chi connectivity index (χ0) is 36.5. The van der Waals surface area contributed by atoms with Gasteiger partial charge in [0.15, 0.2) is 0 Å². The summed E-state index contributed by atoms with van der Waals surface area (Å²) < 4.78 is 14.5. The standard InChI is InChI=1S/C41H42N5O5P/c42-39(47)37(25-32-26-43-35-21-10-8-19-33(32)35)45-40(48)31(18-11-16-28-12-3-1-4-13-28)27-52(50,51)38(24-29-14-5-2-6-15-29)46-41(49)36-23-22-30-17-7-9-20-34(30)44-36/h1-10,12-15,17,19-23,26,31,37-38,43H,11,16,18,24-25,27H2,(H2,42,47)(H,45,48)(H,46,49)(H,50,51)/t31?,37-,38?/m0/s1. The molecule has 2 aromatic heterocycles. The molecular weight excluding hydrogens is 673 g/mol. The Morgan fingerprint density at radius 2 is 1.46 bits per heavy atom. The minimum absolute atomic E-state index is 0.0523. The normalized spacial score (nSPS) is 14.2. The Kier molecular flexibility index (Phi) is 11.6. The summed E-state index contributed by atoms with van der Waals surface area (Å²) in [5.41, 5.74) is 10.0. The lowest BCUT2D eigenvalue weighted by atomic mass is 9.98. The Hall–Kier alpha value is -5.57. The molecule has 4 aromatic carbocycles. The van der Waals surface area contributed by atoms with Crippen molar-refractivity contribution in [3.05, 3.63) is 150 Å². The van der Waals surface area contributed by atoms with Gasteiger partial charge >= 0.3 is 0 Å². The first-order valence-corrected chi connectivity index (χ1v) is 19.3. The average molecular weight is 716 g/mol. The molecule has 266 valence electrons. The van der Waals surface area contributed by atoms with Crippen molar-refractivity contribution in [2.24, 2.45) is 11.7 Å². The molecule has 0 saturated heterocycles. The van der Waals surface area contributed by atoms with E-state index in [0.717, 1.165) is 33.0 Å². The molecule has 11 heteroatoms. The number of fused-ring (bicyclic) bond motifs is 2. The monoisotopic (exact) mass is 715 g/mol. The lowest BCUT2D eigenvalue weighted by Crippen LogP contribution is -2.48. The number of nitrogens with two attached hydrogens (primary N) is 1. The van der Waals surface area contributed by atoms with E-state index in [1.165, 1.54) is 0 Å². The van der Waals surface area contributed by atoms with E-state index < -0.39 is 49.0 Å². The maximum Gasteiger partial charge on any atom is 0.270 e. The van der Waals surface area contributed by atoms with Crippen molar-refractivity contribution in [2.45, 2.75) is 43.9 Å². The number of aromatic nitrogens is 2. The molecule has 0 aliphatic carbocycles. The molecule has 0 saturated carbocycles. The number of nitrogens with zero attached hydrogens (tertiary/aromatic N) is 1. The molecule has 0 bridgehead atoms. The Bertz CT molecular complexity index is 2210. The van der Waals surface area contributed by atoms with Crippen LogP contribution in [0.3, 0.4) is 0 Å². The van der Waals surface area contributed by atoms with Crippen LogP contribution >= 0.6 is 7.37 Å². The number of para-hydroxylation sites is 2. The molecule has 52 heavy (non-hydrogen) atoms. The van der Waals surface area contributed by atoms with Crippen molar-refractivity contribution in [3.63, 3.8) is 0 Å². The van der Waals surface area contributed by atoms with Crippen LogP contribution in [0.25, 0.3) is 21.8 Å². The highest BCUT2D eigenvalue weighted by Gasteiger charge is 2.38. The summed E-state index contributed by atoms with van der Waals surface area (Å²) in [5.74, 6) is -4.05. The highest BCUT2D eigenvalue weighted by molar-refractivity contribution is 7.58. The van der Waals surface area contributed by atoms with Crippen LogP contribution in [0.4, 0.5) is 0 Å². The van der Waals surface area contributed by atoms with Crippen molar-refractivity contribution in [1.82, 2.24) is 20.6 Å². The summed E-state index contributed by atoms with van der Waals surface area (Å²) in [5, 5.41) is 7.36. The number of pyridine rings is 1. The largest absolute Gasteiger partial charge is 0.368 e. The van der Waals surface area contributed by atoms with Crippen molar-refractivity contribution < 1.29 is 23.8 Å². The Morgan fingerprint density at radius 3 is 2.21 bits per heavy atom. The van der Waals surface area contributed by atoms with Crippen LogP contribution in [0.1, 0.15) is 40.0 Å². The number of primary amides is 1. The van der Waals surface area contributed by atoms with Gasteiger partial charge in [-0.05, 0) is 54.2 Å². The van der Waals surface area contributed by atoms with Crippen LogP contribution in [0.15, 0.2) is 128 Å². The summed E-state index contributed by atoms with van der Waals surface area (Å²) in [6.45, 7) is 0. The minimum Gasteiger partial charge on any atom is -0.368 e. The van der Waals surface area contributed by atoms with Crippen LogP contribution in [0, 0.1) is 5.92 Å². The topological polar surface area (TPSA) is 167 Å². The molecule has 6 aromatic rings. The third kappa shape index (κ3) is 9.20. The second kappa shape index (κ2) is 16.6. The molecule has 10 nitrogen and oxygen atoms in total. The Morgan fingerprint density at radius 1 is 0.788 bits per heavy atom. The van der Waals surface area contributed by atoms with Crippen molar-refractivity contribution in [2.75, 3.05) is 6.16 Å². The van der Waals surface area contributed by atoms with Crippen molar-refractivity contribution in [1.29, 1.82) is 0 Å². The van der Waals surface area contributed by atoms with Gasteiger partial charge in [-0.25, -0.2) is 4.98 Å². The minimum atomic E-state index is -4.31. The van der Waals surface area contributed by atoms with Crippen LogP contribution in [0.2, 0.25) is 0 Å². The van der Waals surface area contributed by atoms with Crippen LogP contribution in [-0.2, 0) is 33.4 Å². The molecule has 2 heterocycles. The van der Waals surface area contributed by atoms with Crippen LogP contribution in [-0.4, -0.2) is 50.6 Å². The van der Waals surface area contributed by atoms with Gasteiger partial charge in [0.05, 0.1) is 5.52 Å². The maximum absolute atomic E-state index is 14.5. The lowest BCUT2D eigenvalue weighted by Gasteiger charge is -2.28. The van der Waals surface area contributed by atoms with E-state index in [4.69, 9.17) is 5.73 Å². The predicted octanol–water partition coefficient (Wildman–Crippen LogP) is 6.14. The molecular formula is C41H42N5O5P. The number of aromatic amines is 1. The van der Waals surface area contributed by atoms with E-state index in [2.05, 4.69) is 20.6 Å². The highest BCUT2D eigenvalue weighted by Crippen LogP contribution is 2.49.